The first-order valence-electron chi connectivity index (χ1n) is 7.40. The van der Waals surface area contributed by atoms with Gasteiger partial charge in [-0.1, -0.05) is 12.1 Å². The molecule has 1 atom stereocenters. The molecule has 0 saturated carbocycles. The Hall–Kier alpha value is -3.02. The standard InChI is InChI=1S/C18H19NO5/c1-12(24-18(22)14-5-7-15(20)8-6-14)17(21)19-11-13-3-9-16(23-2)10-4-13/h3-10,12,20H,11H2,1-2H3,(H,19,21)/t12-/m1/s1. The molecule has 0 aromatic heterocycles. The lowest BCUT2D eigenvalue weighted by atomic mass is 10.2. The van der Waals surface area contributed by atoms with Crippen LogP contribution < -0.4 is 10.1 Å². The molecule has 0 aliphatic heterocycles. The summed E-state index contributed by atoms with van der Waals surface area (Å²) in [6.45, 7) is 1.82. The average Bonchev–Trinajstić information content (AvgIpc) is 2.60. The summed E-state index contributed by atoms with van der Waals surface area (Å²) < 4.78 is 10.2. The van der Waals surface area contributed by atoms with Gasteiger partial charge in [0.2, 0.25) is 0 Å². The maximum atomic E-state index is 12.0. The third-order valence-corrected chi connectivity index (χ3v) is 3.38. The van der Waals surface area contributed by atoms with Gasteiger partial charge in [0.05, 0.1) is 12.7 Å². The topological polar surface area (TPSA) is 84.9 Å². The fraction of sp³-hybridized carbons (Fsp3) is 0.222. The first-order chi connectivity index (χ1) is 11.5. The fourth-order valence-electron chi connectivity index (χ4n) is 1.96. The van der Waals surface area contributed by atoms with Crippen LogP contribution in [0.4, 0.5) is 0 Å². The Morgan fingerprint density at radius 2 is 1.71 bits per heavy atom. The molecule has 6 heteroatoms. The Balaban J connectivity index is 1.84. The van der Waals surface area contributed by atoms with Gasteiger partial charge in [0, 0.05) is 6.54 Å². The number of amides is 1. The minimum absolute atomic E-state index is 0.0526. The molecule has 0 spiro atoms. The summed E-state index contributed by atoms with van der Waals surface area (Å²) in [5.74, 6) is -0.224. The van der Waals surface area contributed by atoms with Gasteiger partial charge in [0.15, 0.2) is 6.10 Å². The number of ether oxygens (including phenoxy) is 2. The molecule has 24 heavy (non-hydrogen) atoms. The number of rotatable bonds is 6. The SMILES string of the molecule is COc1ccc(CNC(=O)[C@@H](C)OC(=O)c2ccc(O)cc2)cc1. The highest BCUT2D eigenvalue weighted by Gasteiger charge is 2.18. The minimum Gasteiger partial charge on any atom is -0.508 e. The van der Waals surface area contributed by atoms with Gasteiger partial charge < -0.3 is 19.9 Å². The van der Waals surface area contributed by atoms with Gasteiger partial charge in [-0.15, -0.1) is 0 Å². The van der Waals surface area contributed by atoms with Crippen LogP contribution in [0.15, 0.2) is 48.5 Å². The molecule has 6 nitrogen and oxygen atoms in total. The molecule has 0 saturated heterocycles. The Kier molecular flexibility index (Phi) is 5.78. The van der Waals surface area contributed by atoms with Crippen LogP contribution in [-0.2, 0) is 16.1 Å². The number of hydrogen-bond donors (Lipinski definition) is 2. The summed E-state index contributed by atoms with van der Waals surface area (Å²) in [6.07, 6.45) is -0.926. The number of methoxy groups -OCH3 is 1. The van der Waals surface area contributed by atoms with E-state index in [1.54, 1.807) is 19.2 Å². The van der Waals surface area contributed by atoms with E-state index >= 15 is 0 Å². The molecular weight excluding hydrogens is 310 g/mol. The Bertz CT molecular complexity index is 694. The molecule has 0 heterocycles. The molecule has 2 aromatic carbocycles. The van der Waals surface area contributed by atoms with Crippen LogP contribution in [-0.4, -0.2) is 30.2 Å². The maximum absolute atomic E-state index is 12.0. The van der Waals surface area contributed by atoms with Gasteiger partial charge in [-0.25, -0.2) is 4.79 Å². The molecule has 2 rings (SSSR count). The number of hydrogen-bond acceptors (Lipinski definition) is 5. The van der Waals surface area contributed by atoms with Crippen molar-refractivity contribution in [3.05, 3.63) is 59.7 Å². The predicted octanol–water partition coefficient (Wildman–Crippen LogP) is 2.26. The van der Waals surface area contributed by atoms with E-state index in [2.05, 4.69) is 5.32 Å². The summed E-state index contributed by atoms with van der Waals surface area (Å²) in [6, 6.07) is 12.9. The molecule has 2 aromatic rings. The second-order valence-corrected chi connectivity index (χ2v) is 5.16. The average molecular weight is 329 g/mol. The summed E-state index contributed by atoms with van der Waals surface area (Å²) in [5, 5.41) is 11.9. The Morgan fingerprint density at radius 3 is 2.29 bits per heavy atom. The highest BCUT2D eigenvalue weighted by molar-refractivity contribution is 5.92. The molecule has 0 aliphatic rings. The zero-order chi connectivity index (χ0) is 17.5. The monoisotopic (exact) mass is 329 g/mol. The van der Waals surface area contributed by atoms with E-state index < -0.39 is 18.0 Å². The van der Waals surface area contributed by atoms with Gasteiger partial charge >= 0.3 is 5.97 Å². The van der Waals surface area contributed by atoms with E-state index in [1.165, 1.54) is 31.2 Å². The lowest BCUT2D eigenvalue weighted by Gasteiger charge is -2.13. The van der Waals surface area contributed by atoms with Crippen molar-refractivity contribution in [2.24, 2.45) is 0 Å². The van der Waals surface area contributed by atoms with Crippen molar-refractivity contribution >= 4 is 11.9 Å². The second-order valence-electron chi connectivity index (χ2n) is 5.16. The van der Waals surface area contributed by atoms with Gasteiger partial charge in [-0.3, -0.25) is 4.79 Å². The largest absolute Gasteiger partial charge is 0.508 e. The van der Waals surface area contributed by atoms with Crippen LogP contribution in [0.3, 0.4) is 0 Å². The van der Waals surface area contributed by atoms with Crippen molar-refractivity contribution in [3.8, 4) is 11.5 Å². The van der Waals surface area contributed by atoms with Crippen molar-refractivity contribution in [2.75, 3.05) is 7.11 Å². The molecule has 2 N–H and O–H groups in total. The summed E-state index contributed by atoms with van der Waals surface area (Å²) >= 11 is 0. The second kappa shape index (κ2) is 8.01. The van der Waals surface area contributed by atoms with E-state index in [0.717, 1.165) is 11.3 Å². The van der Waals surface area contributed by atoms with E-state index in [9.17, 15) is 14.7 Å². The summed E-state index contributed by atoms with van der Waals surface area (Å²) in [4.78, 5) is 23.9. The number of carbonyl (C=O) groups excluding carboxylic acids is 2. The number of carbonyl (C=O) groups is 2. The number of esters is 1. The lowest BCUT2D eigenvalue weighted by Crippen LogP contribution is -2.35. The Morgan fingerprint density at radius 1 is 1.08 bits per heavy atom. The van der Waals surface area contributed by atoms with Gasteiger partial charge in [-0.2, -0.15) is 0 Å². The number of phenols is 1. The number of nitrogens with one attached hydrogen (secondary N) is 1. The zero-order valence-electron chi connectivity index (χ0n) is 13.5. The third-order valence-electron chi connectivity index (χ3n) is 3.38. The van der Waals surface area contributed by atoms with Gasteiger partial charge in [-0.05, 0) is 48.9 Å². The van der Waals surface area contributed by atoms with Crippen molar-refractivity contribution in [3.63, 3.8) is 0 Å². The van der Waals surface area contributed by atoms with Crippen LogP contribution in [0, 0.1) is 0 Å². The number of aromatic hydroxyl groups is 1. The maximum Gasteiger partial charge on any atom is 0.338 e. The van der Waals surface area contributed by atoms with Crippen molar-refractivity contribution < 1.29 is 24.2 Å². The minimum atomic E-state index is -0.926. The van der Waals surface area contributed by atoms with Gasteiger partial charge in [0.1, 0.15) is 11.5 Å². The highest BCUT2D eigenvalue weighted by Crippen LogP contribution is 2.12. The normalized spacial score (nSPS) is 11.4. The molecule has 0 aliphatic carbocycles. The number of benzene rings is 2. The Labute approximate surface area is 140 Å². The van der Waals surface area contributed by atoms with Gasteiger partial charge in [0.25, 0.3) is 5.91 Å². The van der Waals surface area contributed by atoms with Crippen LogP contribution in [0.25, 0.3) is 0 Å². The summed E-state index contributed by atoms with van der Waals surface area (Å²) in [7, 11) is 1.58. The van der Waals surface area contributed by atoms with E-state index in [4.69, 9.17) is 9.47 Å². The van der Waals surface area contributed by atoms with E-state index in [0.29, 0.717) is 6.54 Å². The fourth-order valence-corrected chi connectivity index (χ4v) is 1.96. The quantitative estimate of drug-likeness (QED) is 0.794. The molecule has 0 radical (unpaired) electrons. The van der Waals surface area contributed by atoms with Crippen LogP contribution in [0.5, 0.6) is 11.5 Å². The molecule has 1 amide bonds. The third kappa shape index (κ3) is 4.74. The predicted molar refractivity (Wildman–Crippen MR) is 87.8 cm³/mol. The van der Waals surface area contributed by atoms with Crippen molar-refractivity contribution in [1.82, 2.24) is 5.32 Å². The summed E-state index contributed by atoms with van der Waals surface area (Å²) in [5.41, 5.74) is 1.17. The van der Waals surface area contributed by atoms with Crippen LogP contribution >= 0.6 is 0 Å². The smallest absolute Gasteiger partial charge is 0.338 e. The highest BCUT2D eigenvalue weighted by atomic mass is 16.5. The first kappa shape index (κ1) is 17.3. The van der Waals surface area contributed by atoms with E-state index in [-0.39, 0.29) is 11.3 Å². The molecule has 126 valence electrons. The molecule has 0 bridgehead atoms. The van der Waals surface area contributed by atoms with Crippen molar-refractivity contribution in [2.45, 2.75) is 19.6 Å². The lowest BCUT2D eigenvalue weighted by molar-refractivity contribution is -0.129. The zero-order valence-corrected chi connectivity index (χ0v) is 13.5. The molecule has 0 unspecified atom stereocenters. The first-order valence-corrected chi connectivity index (χ1v) is 7.40. The van der Waals surface area contributed by atoms with Crippen LogP contribution in [0.2, 0.25) is 0 Å². The number of phenolic OH excluding ortho intramolecular Hbond substituents is 1. The molecular formula is C18H19NO5. The molecule has 0 fully saturated rings. The van der Waals surface area contributed by atoms with Crippen LogP contribution in [0.1, 0.15) is 22.8 Å². The van der Waals surface area contributed by atoms with E-state index in [1.807, 2.05) is 12.1 Å². The van der Waals surface area contributed by atoms with Crippen molar-refractivity contribution in [1.29, 1.82) is 0 Å².